The summed E-state index contributed by atoms with van der Waals surface area (Å²) < 4.78 is 5.51. The van der Waals surface area contributed by atoms with Crippen LogP contribution in [-0.4, -0.2) is 71.8 Å². The predicted octanol–water partition coefficient (Wildman–Crippen LogP) is 3.39. The molecular formula is C26H32N4O4. The molecule has 0 aromatic heterocycles. The third-order valence-corrected chi connectivity index (χ3v) is 5.75. The molecule has 0 saturated carbocycles. The molecule has 1 heterocycles. The monoisotopic (exact) mass is 464 g/mol. The predicted molar refractivity (Wildman–Crippen MR) is 130 cm³/mol. The Kier molecular flexibility index (Phi) is 7.67. The van der Waals surface area contributed by atoms with Crippen LogP contribution in [0.15, 0.2) is 48.5 Å². The van der Waals surface area contributed by atoms with E-state index in [0.717, 1.165) is 11.3 Å². The van der Waals surface area contributed by atoms with E-state index in [1.54, 1.807) is 69.1 Å². The van der Waals surface area contributed by atoms with E-state index in [-0.39, 0.29) is 11.7 Å². The number of rotatable bonds is 5. The normalized spacial score (nSPS) is 14.8. The van der Waals surface area contributed by atoms with Crippen molar-refractivity contribution in [2.75, 3.05) is 38.1 Å². The quantitative estimate of drug-likeness (QED) is 0.729. The van der Waals surface area contributed by atoms with Crippen molar-refractivity contribution in [2.24, 2.45) is 0 Å². The zero-order valence-corrected chi connectivity index (χ0v) is 20.2. The lowest BCUT2D eigenvalue weighted by Crippen LogP contribution is -2.56. The van der Waals surface area contributed by atoms with E-state index in [2.05, 4.69) is 11.0 Å². The molecule has 2 aromatic carbocycles. The number of carbonyl (C=O) groups is 2. The van der Waals surface area contributed by atoms with Crippen molar-refractivity contribution < 1.29 is 19.4 Å². The van der Waals surface area contributed by atoms with Crippen molar-refractivity contribution in [1.29, 1.82) is 5.26 Å². The zero-order valence-electron chi connectivity index (χ0n) is 20.2. The molecule has 180 valence electrons. The van der Waals surface area contributed by atoms with Crippen LogP contribution in [0, 0.1) is 11.3 Å². The van der Waals surface area contributed by atoms with E-state index in [4.69, 9.17) is 10.00 Å². The summed E-state index contributed by atoms with van der Waals surface area (Å²) in [6.45, 7) is 7.72. The number of piperazine rings is 1. The highest BCUT2D eigenvalue weighted by Crippen LogP contribution is 2.21. The molecule has 34 heavy (non-hydrogen) atoms. The fourth-order valence-electron chi connectivity index (χ4n) is 3.85. The van der Waals surface area contributed by atoms with Crippen LogP contribution in [0.25, 0.3) is 0 Å². The van der Waals surface area contributed by atoms with Gasteiger partial charge in [-0.25, -0.2) is 4.79 Å². The fourth-order valence-corrected chi connectivity index (χ4v) is 3.85. The lowest BCUT2D eigenvalue weighted by atomic mass is 10.0. The minimum atomic E-state index is -0.735. The second-order valence-corrected chi connectivity index (χ2v) is 9.45. The van der Waals surface area contributed by atoms with Crippen molar-refractivity contribution in [1.82, 2.24) is 9.80 Å². The summed E-state index contributed by atoms with van der Waals surface area (Å²) in [5, 5.41) is 18.6. The average molecular weight is 465 g/mol. The molecule has 1 N–H and O–H groups in total. The van der Waals surface area contributed by atoms with Gasteiger partial charge in [-0.05, 0) is 62.7 Å². The second-order valence-electron chi connectivity index (χ2n) is 9.45. The summed E-state index contributed by atoms with van der Waals surface area (Å²) in [7, 11) is 1.59. The number of anilines is 1. The van der Waals surface area contributed by atoms with Gasteiger partial charge >= 0.3 is 6.09 Å². The highest BCUT2D eigenvalue weighted by atomic mass is 16.6. The van der Waals surface area contributed by atoms with E-state index >= 15 is 0 Å². The van der Waals surface area contributed by atoms with Crippen molar-refractivity contribution in [3.8, 4) is 11.8 Å². The van der Waals surface area contributed by atoms with Gasteiger partial charge in [-0.2, -0.15) is 5.26 Å². The average Bonchev–Trinajstić information content (AvgIpc) is 2.82. The first-order chi connectivity index (χ1) is 16.1. The minimum absolute atomic E-state index is 0.138. The SMILES string of the molecule is CN(C(=O)OC(C)(C)C)[C@@H](Cc1ccc(O)cc1)C(=O)N1CCN(c2ccc(C#N)cc2)CC1. The van der Waals surface area contributed by atoms with Gasteiger partial charge in [-0.1, -0.05) is 12.1 Å². The first kappa shape index (κ1) is 24.9. The van der Waals surface area contributed by atoms with Gasteiger partial charge < -0.3 is 19.6 Å². The van der Waals surface area contributed by atoms with Crippen LogP contribution in [0.1, 0.15) is 31.9 Å². The number of likely N-dealkylation sites (N-methyl/N-ethyl adjacent to an activating group) is 1. The highest BCUT2D eigenvalue weighted by molar-refractivity contribution is 5.86. The summed E-state index contributed by atoms with van der Waals surface area (Å²) in [5.41, 5.74) is 1.78. The maximum Gasteiger partial charge on any atom is 0.410 e. The first-order valence-electron chi connectivity index (χ1n) is 11.3. The highest BCUT2D eigenvalue weighted by Gasteiger charge is 2.34. The van der Waals surface area contributed by atoms with E-state index < -0.39 is 17.7 Å². The molecule has 1 saturated heterocycles. The Labute approximate surface area is 200 Å². The number of phenols is 1. The Morgan fingerprint density at radius 3 is 2.18 bits per heavy atom. The summed E-state index contributed by atoms with van der Waals surface area (Å²) >= 11 is 0. The maximum atomic E-state index is 13.6. The van der Waals surface area contributed by atoms with Crippen molar-refractivity contribution >= 4 is 17.7 Å². The number of hydrogen-bond acceptors (Lipinski definition) is 6. The number of benzene rings is 2. The van der Waals surface area contributed by atoms with Crippen LogP contribution >= 0.6 is 0 Å². The number of carbonyl (C=O) groups excluding carboxylic acids is 2. The van der Waals surface area contributed by atoms with Crippen molar-refractivity contribution in [2.45, 2.75) is 38.8 Å². The number of nitrogens with zero attached hydrogens (tertiary/aromatic N) is 4. The number of aromatic hydroxyl groups is 1. The van der Waals surface area contributed by atoms with Crippen LogP contribution in [0.5, 0.6) is 5.75 Å². The largest absolute Gasteiger partial charge is 0.508 e. The number of amides is 2. The molecule has 8 heteroatoms. The van der Waals surface area contributed by atoms with Gasteiger partial charge in [0.25, 0.3) is 0 Å². The van der Waals surface area contributed by atoms with Crippen LogP contribution in [-0.2, 0) is 16.0 Å². The van der Waals surface area contributed by atoms with Gasteiger partial charge in [0.2, 0.25) is 5.91 Å². The molecule has 0 radical (unpaired) electrons. The fraction of sp³-hybridized carbons (Fsp3) is 0.423. The third-order valence-electron chi connectivity index (χ3n) is 5.75. The van der Waals surface area contributed by atoms with E-state index in [1.165, 1.54) is 4.90 Å². The van der Waals surface area contributed by atoms with Crippen molar-refractivity contribution in [3.05, 3.63) is 59.7 Å². The lowest BCUT2D eigenvalue weighted by molar-refractivity contribution is -0.136. The first-order valence-corrected chi connectivity index (χ1v) is 11.3. The van der Waals surface area contributed by atoms with E-state index in [0.29, 0.717) is 38.2 Å². The molecule has 0 aliphatic carbocycles. The Morgan fingerprint density at radius 1 is 1.06 bits per heavy atom. The smallest absolute Gasteiger partial charge is 0.410 e. The maximum absolute atomic E-state index is 13.6. The topological polar surface area (TPSA) is 97.1 Å². The number of hydrogen-bond donors (Lipinski definition) is 1. The van der Waals surface area contributed by atoms with Gasteiger partial charge in [0, 0.05) is 45.3 Å². The summed E-state index contributed by atoms with van der Waals surface area (Å²) in [5.74, 6) is 0.00644. The number of nitriles is 1. The van der Waals surface area contributed by atoms with Gasteiger partial charge in [-0.15, -0.1) is 0 Å². The molecule has 1 fully saturated rings. The zero-order chi connectivity index (χ0) is 24.9. The van der Waals surface area contributed by atoms with E-state index in [9.17, 15) is 14.7 Å². The molecule has 8 nitrogen and oxygen atoms in total. The molecule has 0 spiro atoms. The summed E-state index contributed by atoms with van der Waals surface area (Å²) in [6, 6.07) is 15.4. The molecule has 1 atom stereocenters. The van der Waals surface area contributed by atoms with Crippen LogP contribution in [0.3, 0.4) is 0 Å². The van der Waals surface area contributed by atoms with Gasteiger partial charge in [0.05, 0.1) is 11.6 Å². The molecule has 0 unspecified atom stereocenters. The Morgan fingerprint density at radius 2 is 1.65 bits per heavy atom. The molecule has 2 aromatic rings. The summed E-state index contributed by atoms with van der Waals surface area (Å²) in [4.78, 5) is 31.7. The van der Waals surface area contributed by atoms with Gasteiger partial charge in [0.15, 0.2) is 0 Å². The van der Waals surface area contributed by atoms with Crippen LogP contribution in [0.4, 0.5) is 10.5 Å². The molecule has 3 rings (SSSR count). The Hall–Kier alpha value is -3.73. The van der Waals surface area contributed by atoms with Crippen LogP contribution in [0.2, 0.25) is 0 Å². The lowest BCUT2D eigenvalue weighted by Gasteiger charge is -2.39. The molecule has 2 amide bonds. The van der Waals surface area contributed by atoms with Crippen molar-refractivity contribution in [3.63, 3.8) is 0 Å². The molecule has 0 bridgehead atoms. The van der Waals surface area contributed by atoms with E-state index in [1.807, 2.05) is 12.1 Å². The molecule has 1 aliphatic heterocycles. The third kappa shape index (κ3) is 6.41. The molecule has 1 aliphatic rings. The summed E-state index contributed by atoms with van der Waals surface area (Å²) in [6.07, 6.45) is -0.245. The standard InChI is InChI=1S/C26H32N4O4/c1-26(2,3)34-25(33)28(4)23(17-19-7-11-22(31)12-8-19)24(32)30-15-13-29(14-16-30)21-9-5-20(18-27)6-10-21/h5-12,23,31H,13-17H2,1-4H3/t23-/m0/s1. The number of phenolic OH excluding ortho intramolecular Hbond substituents is 1. The van der Waals surface area contributed by atoms with Gasteiger partial charge in [0.1, 0.15) is 17.4 Å². The Balaban J connectivity index is 1.73. The second kappa shape index (κ2) is 10.5. The number of ether oxygens (including phenoxy) is 1. The minimum Gasteiger partial charge on any atom is -0.508 e. The Bertz CT molecular complexity index is 1030. The van der Waals surface area contributed by atoms with Gasteiger partial charge in [-0.3, -0.25) is 9.69 Å². The molecular weight excluding hydrogens is 432 g/mol. The van der Waals surface area contributed by atoms with Crippen LogP contribution < -0.4 is 4.90 Å².